The van der Waals surface area contributed by atoms with Gasteiger partial charge in [-0.15, -0.1) is 0 Å². The van der Waals surface area contributed by atoms with Crippen LogP contribution in [0.3, 0.4) is 0 Å². The SMILES string of the molecule is CC1(C)CCC(Oc2ccc(C(=N)N)cc2Br)CC1. The van der Waals surface area contributed by atoms with Crippen LogP contribution in [-0.2, 0) is 0 Å². The fraction of sp³-hybridized carbons (Fsp3) is 0.533. The van der Waals surface area contributed by atoms with Crippen LogP contribution in [0.1, 0.15) is 45.1 Å². The lowest BCUT2D eigenvalue weighted by Gasteiger charge is -2.34. The number of amidine groups is 1. The monoisotopic (exact) mass is 324 g/mol. The molecule has 1 fully saturated rings. The van der Waals surface area contributed by atoms with Crippen LogP contribution >= 0.6 is 15.9 Å². The number of hydrogen-bond donors (Lipinski definition) is 2. The molecule has 1 aliphatic carbocycles. The zero-order valence-electron chi connectivity index (χ0n) is 11.5. The highest BCUT2D eigenvalue weighted by Crippen LogP contribution is 2.37. The number of nitrogens with one attached hydrogen (secondary N) is 1. The van der Waals surface area contributed by atoms with E-state index in [1.54, 1.807) is 0 Å². The van der Waals surface area contributed by atoms with Crippen LogP contribution in [0.25, 0.3) is 0 Å². The van der Waals surface area contributed by atoms with Crippen LogP contribution < -0.4 is 10.5 Å². The average Bonchev–Trinajstić information content (AvgIpc) is 2.34. The zero-order chi connectivity index (χ0) is 14.0. The van der Waals surface area contributed by atoms with Gasteiger partial charge >= 0.3 is 0 Å². The van der Waals surface area contributed by atoms with Gasteiger partial charge in [0.25, 0.3) is 0 Å². The summed E-state index contributed by atoms with van der Waals surface area (Å²) in [4.78, 5) is 0. The molecule has 104 valence electrons. The molecule has 0 atom stereocenters. The molecule has 1 saturated carbocycles. The molecule has 0 bridgehead atoms. The lowest BCUT2D eigenvalue weighted by Crippen LogP contribution is -2.28. The molecule has 2 rings (SSSR count). The molecule has 0 aromatic heterocycles. The second-order valence-electron chi connectivity index (χ2n) is 6.04. The van der Waals surface area contributed by atoms with Gasteiger partial charge < -0.3 is 10.5 Å². The highest BCUT2D eigenvalue weighted by molar-refractivity contribution is 9.10. The summed E-state index contributed by atoms with van der Waals surface area (Å²) in [5.74, 6) is 0.918. The van der Waals surface area contributed by atoms with Gasteiger partial charge in [0, 0.05) is 5.56 Å². The van der Waals surface area contributed by atoms with E-state index in [0.717, 1.165) is 23.1 Å². The average molecular weight is 325 g/mol. The maximum Gasteiger partial charge on any atom is 0.133 e. The van der Waals surface area contributed by atoms with Crippen LogP contribution in [0.2, 0.25) is 0 Å². The number of rotatable bonds is 3. The highest BCUT2D eigenvalue weighted by atomic mass is 79.9. The molecule has 0 saturated heterocycles. The summed E-state index contributed by atoms with van der Waals surface area (Å²) < 4.78 is 6.92. The van der Waals surface area contributed by atoms with Crippen molar-refractivity contribution in [1.29, 1.82) is 5.41 Å². The molecule has 3 N–H and O–H groups in total. The summed E-state index contributed by atoms with van der Waals surface area (Å²) in [6.45, 7) is 4.64. The van der Waals surface area contributed by atoms with Crippen molar-refractivity contribution in [2.45, 2.75) is 45.6 Å². The minimum absolute atomic E-state index is 0.0756. The van der Waals surface area contributed by atoms with Crippen LogP contribution in [0.5, 0.6) is 5.75 Å². The first-order chi connectivity index (χ1) is 8.87. The summed E-state index contributed by atoms with van der Waals surface area (Å²) in [6.07, 6.45) is 4.93. The minimum Gasteiger partial charge on any atom is -0.489 e. The molecule has 1 aliphatic rings. The summed E-state index contributed by atoms with van der Waals surface area (Å²) in [6, 6.07) is 5.56. The topological polar surface area (TPSA) is 59.1 Å². The minimum atomic E-state index is 0.0756. The fourth-order valence-corrected chi connectivity index (χ4v) is 2.91. The van der Waals surface area contributed by atoms with Crippen molar-refractivity contribution >= 4 is 21.8 Å². The molecule has 0 aliphatic heterocycles. The Balaban J connectivity index is 2.02. The highest BCUT2D eigenvalue weighted by Gasteiger charge is 2.28. The van der Waals surface area contributed by atoms with Crippen LogP contribution in [-0.4, -0.2) is 11.9 Å². The Labute approximate surface area is 123 Å². The standard InChI is InChI=1S/C15H21BrN2O/c1-15(2)7-5-11(6-8-15)19-13-4-3-10(14(17)18)9-12(13)16/h3-4,9,11H,5-8H2,1-2H3,(H3,17,18). The number of nitrogen functional groups attached to an aromatic ring is 1. The molecule has 0 heterocycles. The number of nitrogens with two attached hydrogens (primary N) is 1. The predicted molar refractivity (Wildman–Crippen MR) is 81.8 cm³/mol. The lowest BCUT2D eigenvalue weighted by molar-refractivity contribution is 0.0981. The maximum atomic E-state index is 7.42. The third-order valence-corrected chi connectivity index (χ3v) is 4.44. The maximum absolute atomic E-state index is 7.42. The predicted octanol–water partition coefficient (Wildman–Crippen LogP) is 4.08. The Morgan fingerprint density at radius 3 is 2.53 bits per heavy atom. The third-order valence-electron chi connectivity index (χ3n) is 3.82. The van der Waals surface area contributed by atoms with Gasteiger partial charge in [-0.3, -0.25) is 5.41 Å². The number of halogens is 1. The lowest BCUT2D eigenvalue weighted by atomic mass is 9.76. The molecular formula is C15H21BrN2O. The van der Waals surface area contributed by atoms with Crippen molar-refractivity contribution in [1.82, 2.24) is 0 Å². The fourth-order valence-electron chi connectivity index (χ4n) is 2.43. The van der Waals surface area contributed by atoms with Crippen molar-refractivity contribution < 1.29 is 4.74 Å². The Bertz CT molecular complexity index is 475. The molecule has 19 heavy (non-hydrogen) atoms. The zero-order valence-corrected chi connectivity index (χ0v) is 13.1. The smallest absolute Gasteiger partial charge is 0.133 e. The summed E-state index contributed by atoms with van der Waals surface area (Å²) in [5, 5.41) is 7.42. The largest absolute Gasteiger partial charge is 0.489 e. The van der Waals surface area contributed by atoms with Crippen molar-refractivity contribution in [2.24, 2.45) is 11.1 Å². The quantitative estimate of drug-likeness (QED) is 0.650. The number of benzene rings is 1. The normalized spacial score (nSPS) is 19.1. The van der Waals surface area contributed by atoms with E-state index >= 15 is 0 Å². The van der Waals surface area contributed by atoms with E-state index in [1.165, 1.54) is 12.8 Å². The van der Waals surface area contributed by atoms with Gasteiger partial charge in [-0.25, -0.2) is 0 Å². The number of ether oxygens (including phenoxy) is 1. The van der Waals surface area contributed by atoms with E-state index in [9.17, 15) is 0 Å². The van der Waals surface area contributed by atoms with Gasteiger partial charge in [0.2, 0.25) is 0 Å². The van der Waals surface area contributed by atoms with E-state index in [0.29, 0.717) is 17.1 Å². The van der Waals surface area contributed by atoms with Crippen LogP contribution in [0.15, 0.2) is 22.7 Å². The molecule has 0 amide bonds. The van der Waals surface area contributed by atoms with Gasteiger partial charge in [0.1, 0.15) is 11.6 Å². The van der Waals surface area contributed by atoms with Gasteiger partial charge in [0.15, 0.2) is 0 Å². The molecule has 1 aromatic carbocycles. The first kappa shape index (κ1) is 14.4. The van der Waals surface area contributed by atoms with E-state index in [-0.39, 0.29) is 5.84 Å². The van der Waals surface area contributed by atoms with E-state index in [1.807, 2.05) is 18.2 Å². The van der Waals surface area contributed by atoms with E-state index in [4.69, 9.17) is 15.9 Å². The van der Waals surface area contributed by atoms with Gasteiger partial charge in [-0.1, -0.05) is 13.8 Å². The Hall–Kier alpha value is -1.03. The Kier molecular flexibility index (Phi) is 4.19. The van der Waals surface area contributed by atoms with E-state index in [2.05, 4.69) is 29.8 Å². The molecular weight excluding hydrogens is 304 g/mol. The van der Waals surface area contributed by atoms with Gasteiger partial charge in [0.05, 0.1) is 10.6 Å². The van der Waals surface area contributed by atoms with Crippen LogP contribution in [0.4, 0.5) is 0 Å². The van der Waals surface area contributed by atoms with Crippen molar-refractivity contribution in [3.63, 3.8) is 0 Å². The summed E-state index contributed by atoms with van der Waals surface area (Å²) >= 11 is 3.49. The van der Waals surface area contributed by atoms with Gasteiger partial charge in [-0.2, -0.15) is 0 Å². The Morgan fingerprint density at radius 2 is 2.00 bits per heavy atom. The first-order valence-electron chi connectivity index (χ1n) is 6.68. The molecule has 0 radical (unpaired) electrons. The van der Waals surface area contributed by atoms with Crippen molar-refractivity contribution in [2.75, 3.05) is 0 Å². The summed E-state index contributed by atoms with van der Waals surface area (Å²) in [7, 11) is 0. The summed E-state index contributed by atoms with van der Waals surface area (Å²) in [5.41, 5.74) is 6.63. The Morgan fingerprint density at radius 1 is 1.37 bits per heavy atom. The van der Waals surface area contributed by atoms with Crippen molar-refractivity contribution in [3.05, 3.63) is 28.2 Å². The number of hydrogen-bond acceptors (Lipinski definition) is 2. The van der Waals surface area contributed by atoms with Crippen LogP contribution in [0, 0.1) is 10.8 Å². The molecule has 3 nitrogen and oxygen atoms in total. The second-order valence-corrected chi connectivity index (χ2v) is 6.89. The molecule has 0 spiro atoms. The molecule has 0 unspecified atom stereocenters. The van der Waals surface area contributed by atoms with Crippen molar-refractivity contribution in [3.8, 4) is 5.75 Å². The third kappa shape index (κ3) is 3.72. The van der Waals surface area contributed by atoms with E-state index < -0.39 is 0 Å². The molecule has 4 heteroatoms. The van der Waals surface area contributed by atoms with Gasteiger partial charge in [-0.05, 0) is 65.2 Å². The second kappa shape index (κ2) is 5.53. The molecule has 1 aromatic rings. The first-order valence-corrected chi connectivity index (χ1v) is 7.47.